The number of ketones is 1. The number of fused-ring (bicyclic) bond motifs is 1. The van der Waals surface area contributed by atoms with Crippen molar-refractivity contribution in [1.82, 2.24) is 9.78 Å². The third kappa shape index (κ3) is 2.14. The molecule has 1 aromatic rings. The quantitative estimate of drug-likeness (QED) is 0.867. The molecule has 0 saturated carbocycles. The van der Waals surface area contributed by atoms with Crippen LogP contribution in [0.3, 0.4) is 0 Å². The summed E-state index contributed by atoms with van der Waals surface area (Å²) in [4.78, 5) is 12.2. The van der Waals surface area contributed by atoms with Gasteiger partial charge in [-0.05, 0) is 18.3 Å². The summed E-state index contributed by atoms with van der Waals surface area (Å²) in [5.74, 6) is 0.206. The van der Waals surface area contributed by atoms with Gasteiger partial charge in [-0.3, -0.25) is 9.48 Å². The molecule has 0 aliphatic heterocycles. The minimum atomic E-state index is 0.00232. The first-order valence-electron chi connectivity index (χ1n) is 6.21. The van der Waals surface area contributed by atoms with Crippen molar-refractivity contribution in [1.29, 1.82) is 0 Å². The van der Waals surface area contributed by atoms with Gasteiger partial charge < -0.3 is 5.11 Å². The van der Waals surface area contributed by atoms with Crippen LogP contribution in [-0.2, 0) is 19.4 Å². The molecule has 0 spiro atoms. The number of aryl methyl sites for hydroxylation is 1. The molecular formula is C13H20N2O2. The average Bonchev–Trinajstić information content (AvgIpc) is 2.55. The van der Waals surface area contributed by atoms with E-state index in [2.05, 4.69) is 18.9 Å². The van der Waals surface area contributed by atoms with E-state index in [1.54, 1.807) is 0 Å². The van der Waals surface area contributed by atoms with E-state index in [4.69, 9.17) is 5.11 Å². The molecule has 0 aromatic carbocycles. The number of Topliss-reactive ketones (excluding diaryl/α,β-unsaturated/α-hetero) is 1. The Morgan fingerprint density at radius 2 is 2.12 bits per heavy atom. The Bertz CT molecular complexity index is 447. The molecule has 1 aliphatic carbocycles. The van der Waals surface area contributed by atoms with Gasteiger partial charge in [0.2, 0.25) is 0 Å². The zero-order valence-electron chi connectivity index (χ0n) is 10.8. The summed E-state index contributed by atoms with van der Waals surface area (Å²) < 4.78 is 1.81. The SMILES string of the molecule is CCc1nn(CCO)c2c1C(=O)CC(C)(C)C2. The Balaban J connectivity index is 2.51. The van der Waals surface area contributed by atoms with E-state index >= 15 is 0 Å². The smallest absolute Gasteiger partial charge is 0.167 e. The first-order valence-corrected chi connectivity index (χ1v) is 6.21. The minimum absolute atomic E-state index is 0.00232. The lowest BCUT2D eigenvalue weighted by Gasteiger charge is -2.29. The van der Waals surface area contributed by atoms with E-state index in [1.165, 1.54) is 0 Å². The topological polar surface area (TPSA) is 55.1 Å². The molecule has 4 nitrogen and oxygen atoms in total. The van der Waals surface area contributed by atoms with Crippen LogP contribution in [0.5, 0.6) is 0 Å². The Morgan fingerprint density at radius 3 is 2.71 bits per heavy atom. The minimum Gasteiger partial charge on any atom is -0.394 e. The van der Waals surface area contributed by atoms with Gasteiger partial charge in [0.25, 0.3) is 0 Å². The Hall–Kier alpha value is -1.16. The lowest BCUT2D eigenvalue weighted by molar-refractivity contribution is 0.0908. The third-order valence-electron chi connectivity index (χ3n) is 3.34. The number of hydrogen-bond donors (Lipinski definition) is 1. The second-order valence-electron chi connectivity index (χ2n) is 5.51. The largest absolute Gasteiger partial charge is 0.394 e. The molecule has 1 aromatic heterocycles. The Labute approximate surface area is 102 Å². The van der Waals surface area contributed by atoms with Crippen LogP contribution in [0.1, 0.15) is 48.9 Å². The summed E-state index contributed by atoms with van der Waals surface area (Å²) in [7, 11) is 0. The first kappa shape index (κ1) is 12.3. The summed E-state index contributed by atoms with van der Waals surface area (Å²) in [5.41, 5.74) is 2.72. The molecule has 4 heteroatoms. The fourth-order valence-electron chi connectivity index (χ4n) is 2.62. The number of hydrogen-bond acceptors (Lipinski definition) is 3. The maximum absolute atomic E-state index is 12.2. The molecule has 1 aliphatic rings. The van der Waals surface area contributed by atoms with Crippen molar-refractivity contribution >= 4 is 5.78 Å². The van der Waals surface area contributed by atoms with Gasteiger partial charge in [-0.2, -0.15) is 5.10 Å². The molecule has 0 radical (unpaired) electrons. The maximum atomic E-state index is 12.2. The average molecular weight is 236 g/mol. The van der Waals surface area contributed by atoms with Crippen LogP contribution in [0, 0.1) is 5.41 Å². The number of aliphatic hydroxyl groups excluding tert-OH is 1. The van der Waals surface area contributed by atoms with Crippen molar-refractivity contribution in [3.05, 3.63) is 17.0 Å². The van der Waals surface area contributed by atoms with E-state index in [0.29, 0.717) is 13.0 Å². The fraction of sp³-hybridized carbons (Fsp3) is 0.692. The summed E-state index contributed by atoms with van der Waals surface area (Å²) in [5, 5.41) is 13.5. The summed E-state index contributed by atoms with van der Waals surface area (Å²) in [6.45, 7) is 6.77. The zero-order chi connectivity index (χ0) is 12.6. The Kier molecular flexibility index (Phi) is 3.08. The van der Waals surface area contributed by atoms with Crippen molar-refractivity contribution in [2.45, 2.75) is 46.6 Å². The van der Waals surface area contributed by atoms with E-state index in [1.807, 2.05) is 11.6 Å². The predicted octanol–water partition coefficient (Wildman–Crippen LogP) is 1.59. The van der Waals surface area contributed by atoms with Gasteiger partial charge in [0.1, 0.15) is 0 Å². The van der Waals surface area contributed by atoms with Gasteiger partial charge in [-0.15, -0.1) is 0 Å². The highest BCUT2D eigenvalue weighted by molar-refractivity contribution is 5.99. The predicted molar refractivity (Wildman–Crippen MR) is 65.1 cm³/mol. The van der Waals surface area contributed by atoms with Crippen LogP contribution in [0.2, 0.25) is 0 Å². The number of nitrogens with zero attached hydrogens (tertiary/aromatic N) is 2. The Morgan fingerprint density at radius 1 is 1.41 bits per heavy atom. The lowest BCUT2D eigenvalue weighted by Crippen LogP contribution is -2.28. The van der Waals surface area contributed by atoms with Gasteiger partial charge in [-0.25, -0.2) is 0 Å². The molecule has 0 atom stereocenters. The summed E-state index contributed by atoms with van der Waals surface area (Å²) >= 11 is 0. The number of carbonyl (C=O) groups is 1. The number of rotatable bonds is 3. The maximum Gasteiger partial charge on any atom is 0.167 e. The summed E-state index contributed by atoms with van der Waals surface area (Å²) in [6.07, 6.45) is 2.23. The summed E-state index contributed by atoms with van der Waals surface area (Å²) in [6, 6.07) is 0. The molecule has 0 fully saturated rings. The normalized spacial score (nSPS) is 18.2. The van der Waals surface area contributed by atoms with Gasteiger partial charge in [0, 0.05) is 6.42 Å². The van der Waals surface area contributed by atoms with Crippen LogP contribution in [0.25, 0.3) is 0 Å². The van der Waals surface area contributed by atoms with E-state index < -0.39 is 0 Å². The van der Waals surface area contributed by atoms with Gasteiger partial charge in [-0.1, -0.05) is 20.8 Å². The highest BCUT2D eigenvalue weighted by atomic mass is 16.3. The zero-order valence-corrected chi connectivity index (χ0v) is 10.8. The van der Waals surface area contributed by atoms with Crippen molar-refractivity contribution in [3.8, 4) is 0 Å². The molecule has 94 valence electrons. The standard InChI is InChI=1S/C13H20N2O2/c1-4-9-12-10(15(14-9)5-6-16)7-13(2,3)8-11(12)17/h16H,4-8H2,1-3H3. The molecule has 17 heavy (non-hydrogen) atoms. The highest BCUT2D eigenvalue weighted by Crippen LogP contribution is 2.36. The van der Waals surface area contributed by atoms with Crippen LogP contribution >= 0.6 is 0 Å². The molecular weight excluding hydrogens is 216 g/mol. The molecule has 2 rings (SSSR count). The van der Waals surface area contributed by atoms with Gasteiger partial charge in [0.15, 0.2) is 5.78 Å². The van der Waals surface area contributed by atoms with E-state index in [-0.39, 0.29) is 17.8 Å². The van der Waals surface area contributed by atoms with E-state index in [9.17, 15) is 4.79 Å². The number of aliphatic hydroxyl groups is 1. The molecule has 0 saturated heterocycles. The van der Waals surface area contributed by atoms with Crippen molar-refractivity contribution < 1.29 is 9.90 Å². The third-order valence-corrected chi connectivity index (χ3v) is 3.34. The van der Waals surface area contributed by atoms with Crippen LogP contribution in [0.4, 0.5) is 0 Å². The van der Waals surface area contributed by atoms with Crippen molar-refractivity contribution in [2.24, 2.45) is 5.41 Å². The lowest BCUT2D eigenvalue weighted by atomic mass is 9.75. The molecule has 0 unspecified atom stereocenters. The second-order valence-corrected chi connectivity index (χ2v) is 5.51. The first-order chi connectivity index (χ1) is 7.98. The number of aromatic nitrogens is 2. The number of carbonyl (C=O) groups excluding carboxylic acids is 1. The van der Waals surface area contributed by atoms with Crippen molar-refractivity contribution in [2.75, 3.05) is 6.61 Å². The molecule has 1 N–H and O–H groups in total. The van der Waals surface area contributed by atoms with E-state index in [0.717, 1.165) is 29.8 Å². The monoisotopic (exact) mass is 236 g/mol. The second kappa shape index (κ2) is 4.26. The molecule has 0 amide bonds. The fourth-order valence-corrected chi connectivity index (χ4v) is 2.62. The van der Waals surface area contributed by atoms with Gasteiger partial charge in [0.05, 0.1) is 30.1 Å². The van der Waals surface area contributed by atoms with Crippen LogP contribution in [0.15, 0.2) is 0 Å². The highest BCUT2D eigenvalue weighted by Gasteiger charge is 2.35. The van der Waals surface area contributed by atoms with Gasteiger partial charge >= 0.3 is 0 Å². The molecule has 1 heterocycles. The van der Waals surface area contributed by atoms with Crippen LogP contribution < -0.4 is 0 Å². The van der Waals surface area contributed by atoms with Crippen LogP contribution in [-0.4, -0.2) is 27.3 Å². The van der Waals surface area contributed by atoms with Crippen molar-refractivity contribution in [3.63, 3.8) is 0 Å². The molecule has 0 bridgehead atoms.